The highest BCUT2D eigenvalue weighted by Gasteiger charge is 2.26. The van der Waals surface area contributed by atoms with Crippen LogP contribution < -0.4 is 5.32 Å². The maximum Gasteiger partial charge on any atom is 0.274 e. The van der Waals surface area contributed by atoms with E-state index in [1.165, 1.54) is 5.56 Å². The van der Waals surface area contributed by atoms with Gasteiger partial charge in [-0.05, 0) is 61.2 Å². The molecule has 1 atom stereocenters. The van der Waals surface area contributed by atoms with Crippen LogP contribution in [0.25, 0.3) is 0 Å². The molecule has 4 rings (SSSR count). The number of hydrogen-bond acceptors (Lipinski definition) is 6. The van der Waals surface area contributed by atoms with E-state index in [0.717, 1.165) is 36.6 Å². The zero-order valence-electron chi connectivity index (χ0n) is 15.7. The third kappa shape index (κ3) is 3.98. The number of rotatable bonds is 4. The van der Waals surface area contributed by atoms with E-state index in [-0.39, 0.29) is 11.8 Å². The lowest BCUT2D eigenvalue weighted by molar-refractivity contribution is 0.0700. The maximum absolute atomic E-state index is 12.7. The van der Waals surface area contributed by atoms with Gasteiger partial charge in [-0.15, -0.1) is 5.10 Å². The van der Waals surface area contributed by atoms with Gasteiger partial charge in [-0.3, -0.25) is 4.79 Å². The number of nitrogens with one attached hydrogen (secondary N) is 1. The van der Waals surface area contributed by atoms with Gasteiger partial charge in [0.1, 0.15) is 11.6 Å². The van der Waals surface area contributed by atoms with Gasteiger partial charge in [-0.1, -0.05) is 6.07 Å². The molecule has 1 saturated heterocycles. The molecule has 7 nitrogen and oxygen atoms in total. The van der Waals surface area contributed by atoms with Crippen molar-refractivity contribution >= 4 is 17.5 Å². The van der Waals surface area contributed by atoms with E-state index in [4.69, 9.17) is 0 Å². The van der Waals surface area contributed by atoms with Gasteiger partial charge >= 0.3 is 0 Å². The Bertz CT molecular complexity index is 962. The van der Waals surface area contributed by atoms with Gasteiger partial charge in [0.15, 0.2) is 5.69 Å². The second-order valence-electron chi connectivity index (χ2n) is 6.97. The Hall–Kier alpha value is -3.35. The number of carbonyl (C=O) groups excluding carboxylic acids is 1. The van der Waals surface area contributed by atoms with Crippen molar-refractivity contribution < 1.29 is 4.79 Å². The number of carbonyl (C=O) groups is 1. The second-order valence-corrected chi connectivity index (χ2v) is 6.97. The summed E-state index contributed by atoms with van der Waals surface area (Å²) in [5, 5.41) is 11.1. The molecular formula is C21H22N6O. The van der Waals surface area contributed by atoms with E-state index in [1.807, 2.05) is 30.0 Å². The van der Waals surface area contributed by atoms with Gasteiger partial charge in [0, 0.05) is 37.6 Å². The van der Waals surface area contributed by atoms with Crippen molar-refractivity contribution in [2.75, 3.05) is 18.4 Å². The van der Waals surface area contributed by atoms with Crippen molar-refractivity contribution in [3.8, 4) is 0 Å². The SMILES string of the molecule is Cc1cccnc1Nc1cc(C2CCCN(C(=O)c3cccnn3)C2)ccn1. The van der Waals surface area contributed by atoms with Crippen LogP contribution in [0.5, 0.6) is 0 Å². The van der Waals surface area contributed by atoms with Crippen LogP contribution in [-0.2, 0) is 0 Å². The maximum atomic E-state index is 12.7. The predicted octanol–water partition coefficient (Wildman–Crippen LogP) is 3.34. The minimum absolute atomic E-state index is 0.0608. The first kappa shape index (κ1) is 18.0. The van der Waals surface area contributed by atoms with Crippen LogP contribution in [0.2, 0.25) is 0 Å². The number of amides is 1. The van der Waals surface area contributed by atoms with E-state index in [2.05, 4.69) is 31.5 Å². The third-order valence-corrected chi connectivity index (χ3v) is 5.01. The van der Waals surface area contributed by atoms with Gasteiger partial charge in [0.05, 0.1) is 0 Å². The summed E-state index contributed by atoms with van der Waals surface area (Å²) < 4.78 is 0. The van der Waals surface area contributed by atoms with Crippen molar-refractivity contribution in [2.45, 2.75) is 25.7 Å². The first-order valence-corrected chi connectivity index (χ1v) is 9.42. The minimum atomic E-state index is -0.0608. The van der Waals surface area contributed by atoms with E-state index in [1.54, 1.807) is 30.7 Å². The van der Waals surface area contributed by atoms with Crippen LogP contribution in [0.15, 0.2) is 55.0 Å². The number of hydrogen-bond donors (Lipinski definition) is 1. The highest BCUT2D eigenvalue weighted by Crippen LogP contribution is 2.29. The summed E-state index contributed by atoms with van der Waals surface area (Å²) in [6.07, 6.45) is 7.14. The molecule has 1 N–H and O–H groups in total. The molecule has 0 spiro atoms. The Morgan fingerprint density at radius 3 is 2.86 bits per heavy atom. The zero-order chi connectivity index (χ0) is 19.3. The number of likely N-dealkylation sites (tertiary alicyclic amines) is 1. The summed E-state index contributed by atoms with van der Waals surface area (Å²) in [5.74, 6) is 1.77. The first-order valence-electron chi connectivity index (χ1n) is 9.42. The molecule has 0 aromatic carbocycles. The van der Waals surface area contributed by atoms with E-state index in [9.17, 15) is 4.79 Å². The van der Waals surface area contributed by atoms with Crippen molar-refractivity contribution in [2.24, 2.45) is 0 Å². The van der Waals surface area contributed by atoms with Gasteiger partial charge in [0.25, 0.3) is 5.91 Å². The van der Waals surface area contributed by atoms with Crippen molar-refractivity contribution in [3.63, 3.8) is 0 Å². The number of aromatic nitrogens is 4. The topological polar surface area (TPSA) is 83.9 Å². The normalized spacial score (nSPS) is 16.6. The van der Waals surface area contributed by atoms with Crippen LogP contribution in [0.4, 0.5) is 11.6 Å². The number of anilines is 2. The molecule has 0 saturated carbocycles. The fourth-order valence-electron chi connectivity index (χ4n) is 3.52. The zero-order valence-corrected chi connectivity index (χ0v) is 15.7. The quantitative estimate of drug-likeness (QED) is 0.754. The van der Waals surface area contributed by atoms with Gasteiger partial charge in [0.2, 0.25) is 0 Å². The van der Waals surface area contributed by atoms with Crippen molar-refractivity contribution in [3.05, 3.63) is 71.8 Å². The van der Waals surface area contributed by atoms with Crippen molar-refractivity contribution in [1.82, 2.24) is 25.1 Å². The molecule has 0 aliphatic carbocycles. The van der Waals surface area contributed by atoms with Crippen LogP contribution in [-0.4, -0.2) is 44.1 Å². The van der Waals surface area contributed by atoms with Crippen LogP contribution in [0.1, 0.15) is 40.4 Å². The lowest BCUT2D eigenvalue weighted by Gasteiger charge is -2.32. The standard InChI is InChI=1S/C21H22N6O/c1-15-5-2-9-23-20(15)25-19-13-16(8-11-22-19)17-6-4-12-27(14-17)21(28)18-7-3-10-24-26-18/h2-3,5,7-11,13,17H,4,6,12,14H2,1H3,(H,22,23,25). The predicted molar refractivity (Wildman–Crippen MR) is 106 cm³/mol. The minimum Gasteiger partial charge on any atom is -0.337 e. The first-order chi connectivity index (χ1) is 13.7. The molecule has 142 valence electrons. The molecule has 0 bridgehead atoms. The highest BCUT2D eigenvalue weighted by molar-refractivity contribution is 5.92. The van der Waals surface area contributed by atoms with Crippen molar-refractivity contribution in [1.29, 1.82) is 0 Å². The van der Waals surface area contributed by atoms with E-state index in [0.29, 0.717) is 12.2 Å². The monoisotopic (exact) mass is 374 g/mol. The smallest absolute Gasteiger partial charge is 0.274 e. The number of pyridine rings is 2. The van der Waals surface area contributed by atoms with Gasteiger partial charge in [-0.25, -0.2) is 9.97 Å². The Kier molecular flexibility index (Phi) is 5.23. The second kappa shape index (κ2) is 8.12. The molecule has 28 heavy (non-hydrogen) atoms. The Morgan fingerprint density at radius 1 is 1.14 bits per heavy atom. The van der Waals surface area contributed by atoms with E-state index < -0.39 is 0 Å². The van der Waals surface area contributed by atoms with Gasteiger partial charge < -0.3 is 10.2 Å². The molecule has 4 heterocycles. The summed E-state index contributed by atoms with van der Waals surface area (Å²) in [6, 6.07) is 11.4. The number of piperidine rings is 1. The average Bonchev–Trinajstić information content (AvgIpc) is 2.76. The summed E-state index contributed by atoms with van der Waals surface area (Å²) in [5.41, 5.74) is 2.63. The molecule has 1 aliphatic heterocycles. The Morgan fingerprint density at radius 2 is 2.04 bits per heavy atom. The summed E-state index contributed by atoms with van der Waals surface area (Å²) in [7, 11) is 0. The fourth-order valence-corrected chi connectivity index (χ4v) is 3.52. The lowest BCUT2D eigenvalue weighted by Crippen LogP contribution is -2.39. The Balaban J connectivity index is 1.49. The fraction of sp³-hybridized carbons (Fsp3) is 0.286. The van der Waals surface area contributed by atoms with E-state index >= 15 is 0 Å². The molecular weight excluding hydrogens is 352 g/mol. The molecule has 3 aromatic heterocycles. The van der Waals surface area contributed by atoms with Crippen LogP contribution in [0.3, 0.4) is 0 Å². The third-order valence-electron chi connectivity index (χ3n) is 5.01. The number of nitrogens with zero attached hydrogens (tertiary/aromatic N) is 5. The molecule has 1 unspecified atom stereocenters. The van der Waals surface area contributed by atoms with Crippen LogP contribution >= 0.6 is 0 Å². The average molecular weight is 374 g/mol. The molecule has 7 heteroatoms. The highest BCUT2D eigenvalue weighted by atomic mass is 16.2. The molecule has 1 aliphatic rings. The van der Waals surface area contributed by atoms with Gasteiger partial charge in [-0.2, -0.15) is 5.10 Å². The molecule has 3 aromatic rings. The molecule has 1 amide bonds. The Labute approximate surface area is 163 Å². The van der Waals surface area contributed by atoms with Crippen LogP contribution in [0, 0.1) is 6.92 Å². The summed E-state index contributed by atoms with van der Waals surface area (Å²) in [6.45, 7) is 3.42. The lowest BCUT2D eigenvalue weighted by atomic mass is 9.91. The largest absolute Gasteiger partial charge is 0.337 e. The summed E-state index contributed by atoms with van der Waals surface area (Å²) >= 11 is 0. The number of aryl methyl sites for hydroxylation is 1. The summed E-state index contributed by atoms with van der Waals surface area (Å²) in [4.78, 5) is 23.4. The molecule has 1 fully saturated rings. The molecule has 0 radical (unpaired) electrons.